The van der Waals surface area contributed by atoms with Gasteiger partial charge in [0.2, 0.25) is 0 Å². The maximum atomic E-state index is 10.4. The molecule has 0 unspecified atom stereocenters. The lowest BCUT2D eigenvalue weighted by Crippen LogP contribution is -1.88. The first-order chi connectivity index (χ1) is 6.77. The quantitative estimate of drug-likeness (QED) is 0.529. The summed E-state index contributed by atoms with van der Waals surface area (Å²) in [4.78, 5) is 10.1. The number of allylic oxidation sites excluding steroid dienone is 2. The molecular weight excluding hydrogens is 178 g/mol. The van der Waals surface area contributed by atoms with Gasteiger partial charge in [-0.05, 0) is 42.5 Å². The highest BCUT2D eigenvalue weighted by atomic mass is 16.6. The van der Waals surface area contributed by atoms with Crippen LogP contribution in [0, 0.1) is 10.1 Å². The van der Waals surface area contributed by atoms with E-state index >= 15 is 0 Å². The van der Waals surface area contributed by atoms with Gasteiger partial charge in [-0.25, -0.2) is 0 Å². The van der Waals surface area contributed by atoms with Gasteiger partial charge in [-0.2, -0.15) is 0 Å². The Morgan fingerprint density at radius 2 is 1.93 bits per heavy atom. The highest BCUT2D eigenvalue weighted by molar-refractivity contribution is 5.67. The molecule has 0 heterocycles. The molecule has 3 nitrogen and oxygen atoms in total. The average Bonchev–Trinajstić information content (AvgIpc) is 2.71. The SMILES string of the molecule is O=[N+]([O-])c1ccc(C2=CCCC2)cc1. The molecule has 1 aromatic carbocycles. The molecule has 0 fully saturated rings. The molecule has 1 aromatic rings. The molecule has 0 atom stereocenters. The van der Waals surface area contributed by atoms with Crippen molar-refractivity contribution in [2.45, 2.75) is 19.3 Å². The van der Waals surface area contributed by atoms with Crippen LogP contribution in [0.5, 0.6) is 0 Å². The molecule has 0 aromatic heterocycles. The molecule has 14 heavy (non-hydrogen) atoms. The highest BCUT2D eigenvalue weighted by Gasteiger charge is 2.09. The Morgan fingerprint density at radius 3 is 2.43 bits per heavy atom. The van der Waals surface area contributed by atoms with Crippen LogP contribution >= 0.6 is 0 Å². The third-order valence-corrected chi connectivity index (χ3v) is 2.49. The van der Waals surface area contributed by atoms with Crippen LogP contribution in [0.4, 0.5) is 5.69 Å². The Morgan fingerprint density at radius 1 is 1.21 bits per heavy atom. The molecule has 2 rings (SSSR count). The summed E-state index contributed by atoms with van der Waals surface area (Å²) in [6, 6.07) is 6.79. The Kier molecular flexibility index (Phi) is 2.31. The van der Waals surface area contributed by atoms with Crippen LogP contribution in [0.2, 0.25) is 0 Å². The molecule has 0 amide bonds. The molecule has 0 radical (unpaired) electrons. The number of nitrogens with zero attached hydrogens (tertiary/aromatic N) is 1. The molecular formula is C11H11NO2. The van der Waals surface area contributed by atoms with Crippen molar-refractivity contribution in [3.8, 4) is 0 Å². The van der Waals surface area contributed by atoms with E-state index in [1.807, 2.05) is 12.1 Å². The number of nitro benzene ring substituents is 1. The van der Waals surface area contributed by atoms with E-state index in [1.54, 1.807) is 12.1 Å². The number of hydrogen-bond donors (Lipinski definition) is 0. The lowest BCUT2D eigenvalue weighted by atomic mass is 10.1. The minimum absolute atomic E-state index is 0.160. The maximum Gasteiger partial charge on any atom is 0.269 e. The third kappa shape index (κ3) is 1.66. The Bertz CT molecular complexity index is 379. The summed E-state index contributed by atoms with van der Waals surface area (Å²) < 4.78 is 0. The summed E-state index contributed by atoms with van der Waals surface area (Å²) in [5.74, 6) is 0. The van der Waals surface area contributed by atoms with Crippen molar-refractivity contribution < 1.29 is 4.92 Å². The molecule has 3 heteroatoms. The Labute approximate surface area is 82.2 Å². The maximum absolute atomic E-state index is 10.4. The number of nitro groups is 1. The minimum atomic E-state index is -0.368. The Hall–Kier alpha value is -1.64. The first kappa shape index (κ1) is 8.94. The number of hydrogen-bond acceptors (Lipinski definition) is 2. The van der Waals surface area contributed by atoms with Crippen LogP contribution in [0.15, 0.2) is 30.3 Å². The molecule has 72 valence electrons. The van der Waals surface area contributed by atoms with Gasteiger partial charge >= 0.3 is 0 Å². The van der Waals surface area contributed by atoms with Gasteiger partial charge in [0.05, 0.1) is 4.92 Å². The standard InChI is InChI=1S/C11H11NO2/c13-12(14)11-7-5-10(6-8-11)9-3-1-2-4-9/h3,5-8H,1-2,4H2. The smallest absolute Gasteiger partial charge is 0.258 e. The van der Waals surface area contributed by atoms with Crippen molar-refractivity contribution in [3.05, 3.63) is 46.0 Å². The van der Waals surface area contributed by atoms with Crippen LogP contribution in [-0.2, 0) is 0 Å². The van der Waals surface area contributed by atoms with Gasteiger partial charge in [0.25, 0.3) is 5.69 Å². The molecule has 0 saturated carbocycles. The topological polar surface area (TPSA) is 43.1 Å². The summed E-state index contributed by atoms with van der Waals surface area (Å²) >= 11 is 0. The first-order valence-corrected chi connectivity index (χ1v) is 4.71. The van der Waals surface area contributed by atoms with Gasteiger partial charge in [0, 0.05) is 12.1 Å². The van der Waals surface area contributed by atoms with Crippen molar-refractivity contribution in [1.82, 2.24) is 0 Å². The van der Waals surface area contributed by atoms with Gasteiger partial charge in [-0.15, -0.1) is 0 Å². The first-order valence-electron chi connectivity index (χ1n) is 4.71. The fourth-order valence-electron chi connectivity index (χ4n) is 1.73. The van der Waals surface area contributed by atoms with E-state index in [9.17, 15) is 10.1 Å². The normalized spacial score (nSPS) is 15.3. The summed E-state index contributed by atoms with van der Waals surface area (Å²) in [7, 11) is 0. The van der Waals surface area contributed by atoms with Crippen molar-refractivity contribution in [1.29, 1.82) is 0 Å². The van der Waals surface area contributed by atoms with Crippen molar-refractivity contribution in [3.63, 3.8) is 0 Å². The van der Waals surface area contributed by atoms with E-state index < -0.39 is 0 Å². The molecule has 0 saturated heterocycles. The van der Waals surface area contributed by atoms with Gasteiger partial charge in [0.15, 0.2) is 0 Å². The third-order valence-electron chi connectivity index (χ3n) is 2.49. The van der Waals surface area contributed by atoms with Gasteiger partial charge < -0.3 is 0 Å². The summed E-state index contributed by atoms with van der Waals surface area (Å²) in [6.07, 6.45) is 5.64. The molecule has 1 aliphatic rings. The molecule has 0 spiro atoms. The summed E-state index contributed by atoms with van der Waals surface area (Å²) in [5, 5.41) is 10.4. The van der Waals surface area contributed by atoms with E-state index in [-0.39, 0.29) is 10.6 Å². The Balaban J connectivity index is 2.25. The predicted molar refractivity (Wildman–Crippen MR) is 54.9 cm³/mol. The predicted octanol–water partition coefficient (Wildman–Crippen LogP) is 3.16. The van der Waals surface area contributed by atoms with E-state index in [2.05, 4.69) is 6.08 Å². The second-order valence-corrected chi connectivity index (χ2v) is 3.43. The van der Waals surface area contributed by atoms with Gasteiger partial charge in [0.1, 0.15) is 0 Å². The minimum Gasteiger partial charge on any atom is -0.258 e. The lowest BCUT2D eigenvalue weighted by molar-refractivity contribution is -0.384. The molecule has 0 aliphatic heterocycles. The molecule has 0 N–H and O–H groups in total. The summed E-state index contributed by atoms with van der Waals surface area (Å²) in [5.41, 5.74) is 2.60. The van der Waals surface area contributed by atoms with Crippen LogP contribution < -0.4 is 0 Å². The zero-order valence-corrected chi connectivity index (χ0v) is 7.77. The highest BCUT2D eigenvalue weighted by Crippen LogP contribution is 2.28. The van der Waals surface area contributed by atoms with E-state index in [0.29, 0.717) is 0 Å². The zero-order chi connectivity index (χ0) is 9.97. The number of non-ortho nitro benzene ring substituents is 1. The molecule has 1 aliphatic carbocycles. The van der Waals surface area contributed by atoms with Crippen LogP contribution in [0.3, 0.4) is 0 Å². The fraction of sp³-hybridized carbons (Fsp3) is 0.273. The molecule has 0 bridgehead atoms. The second-order valence-electron chi connectivity index (χ2n) is 3.43. The average molecular weight is 189 g/mol. The van der Waals surface area contributed by atoms with E-state index in [1.165, 1.54) is 12.0 Å². The number of benzene rings is 1. The monoisotopic (exact) mass is 189 g/mol. The van der Waals surface area contributed by atoms with Crippen molar-refractivity contribution in [2.75, 3.05) is 0 Å². The second kappa shape index (κ2) is 3.62. The lowest BCUT2D eigenvalue weighted by Gasteiger charge is -2.00. The van der Waals surface area contributed by atoms with Crippen molar-refractivity contribution >= 4 is 11.3 Å². The van der Waals surface area contributed by atoms with Crippen molar-refractivity contribution in [2.24, 2.45) is 0 Å². The van der Waals surface area contributed by atoms with E-state index in [4.69, 9.17) is 0 Å². The van der Waals surface area contributed by atoms with Gasteiger partial charge in [-0.3, -0.25) is 10.1 Å². The van der Waals surface area contributed by atoms with Crippen LogP contribution in [-0.4, -0.2) is 4.92 Å². The summed E-state index contributed by atoms with van der Waals surface area (Å²) in [6.45, 7) is 0. The zero-order valence-electron chi connectivity index (χ0n) is 7.77. The largest absolute Gasteiger partial charge is 0.269 e. The van der Waals surface area contributed by atoms with Gasteiger partial charge in [-0.1, -0.05) is 6.08 Å². The van der Waals surface area contributed by atoms with E-state index in [0.717, 1.165) is 18.4 Å². The van der Waals surface area contributed by atoms with Crippen LogP contribution in [0.25, 0.3) is 5.57 Å². The number of rotatable bonds is 2. The fourth-order valence-corrected chi connectivity index (χ4v) is 1.73. The van der Waals surface area contributed by atoms with Crippen LogP contribution in [0.1, 0.15) is 24.8 Å².